The molecule has 106 valence electrons. The average Bonchev–Trinajstić information content (AvgIpc) is 2.84. The molecule has 19 heavy (non-hydrogen) atoms. The van der Waals surface area contributed by atoms with Crippen molar-refractivity contribution in [3.8, 4) is 0 Å². The molecule has 0 amide bonds. The molecular formula is C15H24N2O2. The molecule has 0 spiro atoms. The van der Waals surface area contributed by atoms with Gasteiger partial charge in [-0.05, 0) is 31.4 Å². The predicted molar refractivity (Wildman–Crippen MR) is 76.2 cm³/mol. The van der Waals surface area contributed by atoms with Crippen LogP contribution in [0.5, 0.6) is 0 Å². The number of aliphatic hydroxyl groups excluding tert-OH is 1. The van der Waals surface area contributed by atoms with Gasteiger partial charge in [0.2, 0.25) is 0 Å². The first-order chi connectivity index (χ1) is 9.04. The van der Waals surface area contributed by atoms with E-state index < -0.39 is 11.7 Å². The molecule has 1 atom stereocenters. The Morgan fingerprint density at radius 3 is 2.58 bits per heavy atom. The van der Waals surface area contributed by atoms with Crippen LogP contribution in [0, 0.1) is 0 Å². The smallest absolute Gasteiger partial charge is 0.0957 e. The van der Waals surface area contributed by atoms with Gasteiger partial charge in [-0.15, -0.1) is 0 Å². The first-order valence-electron chi connectivity index (χ1n) is 7.11. The number of hydrogen-bond acceptors (Lipinski definition) is 4. The van der Waals surface area contributed by atoms with E-state index in [1.807, 2.05) is 31.0 Å². The molecule has 2 N–H and O–H groups in total. The van der Waals surface area contributed by atoms with Crippen LogP contribution in [0.3, 0.4) is 0 Å². The SMILES string of the molecule is CC[C@H](O)c1ccc(N(C)CC2(O)CCCC2)cn1. The fourth-order valence-corrected chi connectivity index (χ4v) is 2.75. The molecule has 1 heterocycles. The lowest BCUT2D eigenvalue weighted by Gasteiger charge is -2.30. The summed E-state index contributed by atoms with van der Waals surface area (Å²) < 4.78 is 0. The van der Waals surface area contributed by atoms with Crippen LogP contribution in [-0.4, -0.2) is 34.4 Å². The highest BCUT2D eigenvalue weighted by Crippen LogP contribution is 2.31. The fourth-order valence-electron chi connectivity index (χ4n) is 2.75. The quantitative estimate of drug-likeness (QED) is 0.856. The molecule has 0 aromatic carbocycles. The average molecular weight is 264 g/mol. The van der Waals surface area contributed by atoms with E-state index in [-0.39, 0.29) is 0 Å². The van der Waals surface area contributed by atoms with E-state index in [9.17, 15) is 10.2 Å². The molecular weight excluding hydrogens is 240 g/mol. The summed E-state index contributed by atoms with van der Waals surface area (Å²) in [5.74, 6) is 0. The lowest BCUT2D eigenvalue weighted by molar-refractivity contribution is 0.0559. The summed E-state index contributed by atoms with van der Waals surface area (Å²) in [5, 5.41) is 20.1. The zero-order valence-electron chi connectivity index (χ0n) is 11.8. The molecule has 4 nitrogen and oxygen atoms in total. The van der Waals surface area contributed by atoms with E-state index in [1.165, 1.54) is 0 Å². The highest BCUT2D eigenvalue weighted by atomic mass is 16.3. The maximum absolute atomic E-state index is 10.4. The second-order valence-corrected chi connectivity index (χ2v) is 5.65. The number of rotatable bonds is 5. The van der Waals surface area contributed by atoms with Crippen molar-refractivity contribution < 1.29 is 10.2 Å². The maximum Gasteiger partial charge on any atom is 0.0957 e. The molecule has 0 aliphatic heterocycles. The number of aromatic nitrogens is 1. The number of pyridine rings is 1. The Morgan fingerprint density at radius 1 is 1.37 bits per heavy atom. The molecule has 2 rings (SSSR count). The molecule has 1 aromatic rings. The van der Waals surface area contributed by atoms with E-state index >= 15 is 0 Å². The number of nitrogens with zero attached hydrogens (tertiary/aromatic N) is 2. The van der Waals surface area contributed by atoms with Gasteiger partial charge in [-0.2, -0.15) is 0 Å². The summed E-state index contributed by atoms with van der Waals surface area (Å²) in [6.07, 6.45) is 5.95. The zero-order valence-corrected chi connectivity index (χ0v) is 11.8. The number of likely N-dealkylation sites (N-methyl/N-ethyl adjacent to an activating group) is 1. The molecule has 1 saturated carbocycles. The lowest BCUT2D eigenvalue weighted by Crippen LogP contribution is -2.39. The van der Waals surface area contributed by atoms with Gasteiger partial charge in [0.25, 0.3) is 0 Å². The summed E-state index contributed by atoms with van der Waals surface area (Å²) in [6.45, 7) is 2.58. The molecule has 0 unspecified atom stereocenters. The number of aliphatic hydroxyl groups is 2. The third-order valence-electron chi connectivity index (χ3n) is 4.01. The van der Waals surface area contributed by atoms with Gasteiger partial charge in [-0.1, -0.05) is 19.8 Å². The Labute approximate surface area is 115 Å². The largest absolute Gasteiger partial charge is 0.388 e. The molecule has 1 aromatic heterocycles. The van der Waals surface area contributed by atoms with Crippen LogP contribution < -0.4 is 4.90 Å². The number of anilines is 1. The molecule has 0 bridgehead atoms. The molecule has 4 heteroatoms. The van der Waals surface area contributed by atoms with E-state index in [0.717, 1.165) is 31.4 Å². The van der Waals surface area contributed by atoms with Gasteiger partial charge in [0.1, 0.15) is 0 Å². The van der Waals surface area contributed by atoms with Gasteiger partial charge in [0.15, 0.2) is 0 Å². The van der Waals surface area contributed by atoms with E-state index in [4.69, 9.17) is 0 Å². The predicted octanol–water partition coefficient (Wildman–Crippen LogP) is 2.27. The maximum atomic E-state index is 10.4. The van der Waals surface area contributed by atoms with Gasteiger partial charge >= 0.3 is 0 Å². The van der Waals surface area contributed by atoms with Gasteiger partial charge in [-0.3, -0.25) is 4.98 Å². The highest BCUT2D eigenvalue weighted by Gasteiger charge is 2.32. The first-order valence-corrected chi connectivity index (χ1v) is 7.11. The third-order valence-corrected chi connectivity index (χ3v) is 4.01. The molecule has 1 aliphatic carbocycles. The Balaban J connectivity index is 2.01. The highest BCUT2D eigenvalue weighted by molar-refractivity contribution is 5.44. The molecule has 0 radical (unpaired) electrons. The molecule has 0 saturated heterocycles. The van der Waals surface area contributed by atoms with Crippen LogP contribution in [0.25, 0.3) is 0 Å². The van der Waals surface area contributed by atoms with Crippen molar-refractivity contribution in [2.75, 3.05) is 18.5 Å². The Bertz CT molecular complexity index is 399. The Hall–Kier alpha value is -1.13. The summed E-state index contributed by atoms with van der Waals surface area (Å²) >= 11 is 0. The summed E-state index contributed by atoms with van der Waals surface area (Å²) in [6, 6.07) is 3.82. The topological polar surface area (TPSA) is 56.6 Å². The Morgan fingerprint density at radius 2 is 2.05 bits per heavy atom. The second-order valence-electron chi connectivity index (χ2n) is 5.65. The van der Waals surface area contributed by atoms with Gasteiger partial charge in [0.05, 0.1) is 29.3 Å². The van der Waals surface area contributed by atoms with Crippen molar-refractivity contribution >= 4 is 5.69 Å². The van der Waals surface area contributed by atoms with Crippen molar-refractivity contribution in [1.82, 2.24) is 4.98 Å². The summed E-state index contributed by atoms with van der Waals surface area (Å²) in [5.41, 5.74) is 1.14. The molecule has 1 aliphatic rings. The minimum atomic E-state index is -0.545. The van der Waals surface area contributed by atoms with Gasteiger partial charge in [-0.25, -0.2) is 0 Å². The fraction of sp³-hybridized carbons (Fsp3) is 0.667. The minimum absolute atomic E-state index is 0.488. The third kappa shape index (κ3) is 3.45. The van der Waals surface area contributed by atoms with Crippen molar-refractivity contribution in [2.24, 2.45) is 0 Å². The van der Waals surface area contributed by atoms with Crippen molar-refractivity contribution in [1.29, 1.82) is 0 Å². The van der Waals surface area contributed by atoms with Gasteiger partial charge < -0.3 is 15.1 Å². The van der Waals surface area contributed by atoms with E-state index in [2.05, 4.69) is 4.98 Å². The van der Waals surface area contributed by atoms with Gasteiger partial charge in [0, 0.05) is 13.6 Å². The number of hydrogen-bond donors (Lipinski definition) is 2. The van der Waals surface area contributed by atoms with Crippen molar-refractivity contribution in [3.63, 3.8) is 0 Å². The van der Waals surface area contributed by atoms with Crippen LogP contribution in [0.15, 0.2) is 18.3 Å². The first kappa shape index (κ1) is 14.3. The molecule has 1 fully saturated rings. The van der Waals surface area contributed by atoms with Crippen molar-refractivity contribution in [2.45, 2.75) is 50.7 Å². The standard InChI is InChI=1S/C15H24N2O2/c1-3-14(18)13-7-6-12(10-16-13)17(2)11-15(19)8-4-5-9-15/h6-7,10,14,18-19H,3-5,8-9,11H2,1-2H3/t14-/m0/s1. The van der Waals surface area contributed by atoms with Crippen molar-refractivity contribution in [3.05, 3.63) is 24.0 Å². The van der Waals surface area contributed by atoms with E-state index in [1.54, 1.807) is 6.20 Å². The summed E-state index contributed by atoms with van der Waals surface area (Å²) in [7, 11) is 1.98. The van der Waals surface area contributed by atoms with Crippen LogP contribution in [0.4, 0.5) is 5.69 Å². The van der Waals surface area contributed by atoms with Crippen LogP contribution in [0.1, 0.15) is 50.8 Å². The van der Waals surface area contributed by atoms with E-state index in [0.29, 0.717) is 18.7 Å². The second kappa shape index (κ2) is 5.88. The van der Waals surface area contributed by atoms with Crippen LogP contribution in [0.2, 0.25) is 0 Å². The monoisotopic (exact) mass is 264 g/mol. The van der Waals surface area contributed by atoms with Crippen LogP contribution in [-0.2, 0) is 0 Å². The lowest BCUT2D eigenvalue weighted by atomic mass is 10.0. The summed E-state index contributed by atoms with van der Waals surface area (Å²) in [4.78, 5) is 6.34. The zero-order chi connectivity index (χ0) is 13.9. The van der Waals surface area contributed by atoms with Crippen LogP contribution >= 0.6 is 0 Å². The minimum Gasteiger partial charge on any atom is -0.388 e. The normalized spacial score (nSPS) is 19.4. The Kier molecular flexibility index (Phi) is 4.42.